The van der Waals surface area contributed by atoms with Crippen LogP contribution in [0.4, 0.5) is 16.4 Å². The van der Waals surface area contributed by atoms with Crippen LogP contribution in [-0.4, -0.2) is 38.0 Å². The van der Waals surface area contributed by atoms with Crippen LogP contribution in [0.5, 0.6) is 0 Å². The predicted octanol–water partition coefficient (Wildman–Crippen LogP) is 4.74. The van der Waals surface area contributed by atoms with E-state index in [1.807, 2.05) is 6.07 Å². The molecule has 0 saturated carbocycles. The highest BCUT2D eigenvalue weighted by molar-refractivity contribution is 6.14. The lowest BCUT2D eigenvalue weighted by Crippen LogP contribution is -2.45. The zero-order chi connectivity index (χ0) is 26.4. The van der Waals surface area contributed by atoms with Gasteiger partial charge in [0, 0.05) is 33.5 Å². The molecule has 9 nitrogen and oxygen atoms in total. The summed E-state index contributed by atoms with van der Waals surface area (Å²) in [6.45, 7) is 0. The van der Waals surface area contributed by atoms with Crippen LogP contribution in [0.25, 0.3) is 11.0 Å². The number of ketones is 1. The normalized spacial score (nSPS) is 16.4. The first-order valence-electron chi connectivity index (χ1n) is 11.7. The summed E-state index contributed by atoms with van der Waals surface area (Å²) in [5.41, 5.74) is 1.30. The molecule has 2 amide bonds. The number of nitrogens with zero attached hydrogens (tertiary/aromatic N) is 2. The quantitative estimate of drug-likeness (QED) is 0.255. The smallest absolute Gasteiger partial charge is 0.411 e. The highest BCUT2D eigenvalue weighted by atomic mass is 16.4. The second-order valence-corrected chi connectivity index (χ2v) is 8.85. The summed E-state index contributed by atoms with van der Waals surface area (Å²) in [6.07, 6.45) is -1.27. The Labute approximate surface area is 216 Å². The van der Waals surface area contributed by atoms with Gasteiger partial charge in [-0.1, -0.05) is 66.7 Å². The fourth-order valence-corrected chi connectivity index (χ4v) is 4.88. The number of rotatable bonds is 5. The van der Waals surface area contributed by atoms with Gasteiger partial charge in [-0.25, -0.2) is 9.78 Å². The molecule has 0 radical (unpaired) electrons. The molecule has 6 rings (SSSR count). The molecule has 1 unspecified atom stereocenters. The van der Waals surface area contributed by atoms with E-state index in [0.717, 1.165) is 0 Å². The van der Waals surface area contributed by atoms with Gasteiger partial charge in [-0.3, -0.25) is 19.8 Å². The number of benzene rings is 4. The van der Waals surface area contributed by atoms with Gasteiger partial charge >= 0.3 is 6.09 Å². The maximum Gasteiger partial charge on any atom is 0.411 e. The molecule has 2 heterocycles. The summed E-state index contributed by atoms with van der Waals surface area (Å²) in [6, 6.07) is 27.1. The van der Waals surface area contributed by atoms with E-state index in [-0.39, 0.29) is 11.7 Å². The Bertz CT molecular complexity index is 1750. The number of carbonyl (C=O) groups is 3. The summed E-state index contributed by atoms with van der Waals surface area (Å²) in [5.74, 6) is -0.605. The standard InChI is InChI=1S/C29H20N4O5/c34-25(17-7-2-1-3-8-17)18-9-6-10-20(15-18)33-26(35)21-11-4-5-12-22(21)29(33,38)19-13-14-23-24(16-19)31-27(30-23)32-28(36)37/h1-16,38H,(H,36,37)(H2,30,31,32). The monoisotopic (exact) mass is 504 g/mol. The molecule has 5 aromatic rings. The van der Waals surface area contributed by atoms with Crippen molar-refractivity contribution in [1.29, 1.82) is 0 Å². The molecule has 1 aliphatic rings. The van der Waals surface area contributed by atoms with E-state index in [9.17, 15) is 19.5 Å². The average Bonchev–Trinajstić information content (AvgIpc) is 3.43. The Morgan fingerprint density at radius 3 is 2.39 bits per heavy atom. The molecule has 0 aliphatic carbocycles. The Balaban J connectivity index is 1.49. The van der Waals surface area contributed by atoms with E-state index in [1.165, 1.54) is 4.90 Å². The maximum absolute atomic E-state index is 13.7. The van der Waals surface area contributed by atoms with Gasteiger partial charge in [0.05, 0.1) is 11.0 Å². The number of aromatic amines is 1. The minimum absolute atomic E-state index is 0.0310. The molecule has 0 saturated heterocycles. The number of amides is 2. The van der Waals surface area contributed by atoms with Crippen molar-refractivity contribution in [2.75, 3.05) is 10.2 Å². The fourth-order valence-electron chi connectivity index (χ4n) is 4.88. The van der Waals surface area contributed by atoms with E-state index in [4.69, 9.17) is 5.11 Å². The Hall–Kier alpha value is -5.28. The van der Waals surface area contributed by atoms with Gasteiger partial charge in [0.25, 0.3) is 5.91 Å². The van der Waals surface area contributed by atoms with Gasteiger partial charge in [-0.15, -0.1) is 0 Å². The van der Waals surface area contributed by atoms with Crippen LogP contribution in [0.2, 0.25) is 0 Å². The second-order valence-electron chi connectivity index (χ2n) is 8.85. The van der Waals surface area contributed by atoms with Crippen LogP contribution in [0.15, 0.2) is 97.1 Å². The van der Waals surface area contributed by atoms with Crippen molar-refractivity contribution in [1.82, 2.24) is 9.97 Å². The first kappa shape index (κ1) is 23.1. The van der Waals surface area contributed by atoms with Gasteiger partial charge in [0.2, 0.25) is 5.95 Å². The lowest BCUT2D eigenvalue weighted by Gasteiger charge is -2.35. The minimum atomic E-state index is -1.91. The molecule has 1 aliphatic heterocycles. The number of carbonyl (C=O) groups excluding carboxylic acids is 2. The van der Waals surface area contributed by atoms with E-state index in [2.05, 4.69) is 15.3 Å². The first-order valence-corrected chi connectivity index (χ1v) is 11.7. The van der Waals surface area contributed by atoms with Crippen molar-refractivity contribution >= 4 is 40.5 Å². The summed E-state index contributed by atoms with van der Waals surface area (Å²) < 4.78 is 0. The lowest BCUT2D eigenvalue weighted by atomic mass is 9.93. The third kappa shape index (κ3) is 3.61. The highest BCUT2D eigenvalue weighted by Crippen LogP contribution is 2.45. The minimum Gasteiger partial charge on any atom is -0.465 e. The topological polar surface area (TPSA) is 136 Å². The van der Waals surface area contributed by atoms with Crippen molar-refractivity contribution in [2.24, 2.45) is 0 Å². The molecule has 38 heavy (non-hydrogen) atoms. The molecule has 186 valence electrons. The molecule has 0 bridgehead atoms. The van der Waals surface area contributed by atoms with Gasteiger partial charge < -0.3 is 15.2 Å². The Morgan fingerprint density at radius 1 is 0.868 bits per heavy atom. The van der Waals surface area contributed by atoms with Crippen LogP contribution >= 0.6 is 0 Å². The Morgan fingerprint density at radius 2 is 1.61 bits per heavy atom. The van der Waals surface area contributed by atoms with E-state index < -0.39 is 17.7 Å². The van der Waals surface area contributed by atoms with Crippen LogP contribution in [0, 0.1) is 0 Å². The second kappa shape index (κ2) is 8.68. The van der Waals surface area contributed by atoms with Crippen LogP contribution in [0.3, 0.4) is 0 Å². The van der Waals surface area contributed by atoms with Gasteiger partial charge in [0.15, 0.2) is 11.5 Å². The number of aliphatic hydroxyl groups is 1. The summed E-state index contributed by atoms with van der Waals surface area (Å²) >= 11 is 0. The molecule has 1 aromatic heterocycles. The van der Waals surface area contributed by atoms with Gasteiger partial charge in [0.1, 0.15) is 0 Å². The lowest BCUT2D eigenvalue weighted by molar-refractivity contribution is 0.0703. The fraction of sp³-hybridized carbons (Fsp3) is 0.0345. The summed E-state index contributed by atoms with van der Waals surface area (Å²) in [5, 5.41) is 23.5. The van der Waals surface area contributed by atoms with Crippen LogP contribution in [0.1, 0.15) is 37.4 Å². The van der Waals surface area contributed by atoms with Gasteiger partial charge in [-0.05, 0) is 30.3 Å². The summed E-state index contributed by atoms with van der Waals surface area (Å²) in [7, 11) is 0. The number of nitrogens with one attached hydrogen (secondary N) is 2. The van der Waals surface area contributed by atoms with Crippen molar-refractivity contribution in [3.05, 3.63) is 125 Å². The summed E-state index contributed by atoms with van der Waals surface area (Å²) in [4.78, 5) is 46.2. The number of carboxylic acid groups (broad SMARTS) is 1. The number of aromatic nitrogens is 2. The largest absolute Gasteiger partial charge is 0.465 e. The third-order valence-electron chi connectivity index (χ3n) is 6.57. The van der Waals surface area contributed by atoms with E-state index in [1.54, 1.807) is 91.0 Å². The number of anilines is 2. The molecule has 1 atom stereocenters. The zero-order valence-corrected chi connectivity index (χ0v) is 19.8. The van der Waals surface area contributed by atoms with Gasteiger partial charge in [-0.2, -0.15) is 0 Å². The average molecular weight is 505 g/mol. The molecular weight excluding hydrogens is 484 g/mol. The zero-order valence-electron chi connectivity index (χ0n) is 19.8. The first-order chi connectivity index (χ1) is 18.4. The van der Waals surface area contributed by atoms with Crippen LogP contribution < -0.4 is 10.2 Å². The van der Waals surface area contributed by atoms with Crippen LogP contribution in [-0.2, 0) is 5.72 Å². The molecular formula is C29H20N4O5. The molecule has 0 spiro atoms. The van der Waals surface area contributed by atoms with Crippen molar-refractivity contribution in [3.63, 3.8) is 0 Å². The number of fused-ring (bicyclic) bond motifs is 2. The molecule has 0 fully saturated rings. The Kier molecular flexibility index (Phi) is 5.29. The number of hydrogen-bond donors (Lipinski definition) is 4. The third-order valence-corrected chi connectivity index (χ3v) is 6.57. The van der Waals surface area contributed by atoms with E-state index in [0.29, 0.717) is 44.5 Å². The molecule has 4 N–H and O–H groups in total. The van der Waals surface area contributed by atoms with Crippen molar-refractivity contribution in [3.8, 4) is 0 Å². The number of imidazole rings is 1. The molecule has 9 heteroatoms. The SMILES string of the molecule is O=C(O)Nc1nc2ccc(C3(O)c4ccccc4C(=O)N3c3cccc(C(=O)c4ccccc4)c3)cc2[nH]1. The van der Waals surface area contributed by atoms with E-state index >= 15 is 0 Å². The highest BCUT2D eigenvalue weighted by Gasteiger charge is 2.50. The predicted molar refractivity (Wildman–Crippen MR) is 140 cm³/mol. The molecule has 4 aromatic carbocycles. The van der Waals surface area contributed by atoms with Crippen molar-refractivity contribution in [2.45, 2.75) is 5.72 Å². The number of H-pyrrole nitrogens is 1. The number of hydrogen-bond acceptors (Lipinski definition) is 5. The maximum atomic E-state index is 13.7. The van der Waals surface area contributed by atoms with Crippen molar-refractivity contribution < 1.29 is 24.6 Å².